The van der Waals surface area contributed by atoms with Gasteiger partial charge in [0.05, 0.1) is 5.69 Å². The zero-order valence-corrected chi connectivity index (χ0v) is 9.34. The third-order valence-corrected chi connectivity index (χ3v) is 3.83. The van der Waals surface area contributed by atoms with Crippen LogP contribution in [0.15, 0.2) is 24.3 Å². The lowest BCUT2D eigenvalue weighted by Crippen LogP contribution is -2.47. The number of rotatable bonds is 4. The number of benzene rings is 1. The molecule has 2 N–H and O–H groups in total. The zero-order valence-electron chi connectivity index (χ0n) is 8.53. The van der Waals surface area contributed by atoms with Crippen molar-refractivity contribution in [1.82, 2.24) is 0 Å². The van der Waals surface area contributed by atoms with Gasteiger partial charge in [-0.15, -0.1) is 0 Å². The predicted molar refractivity (Wildman–Crippen MR) is 63.9 cm³/mol. The lowest BCUT2D eigenvalue weighted by atomic mass is 10.2. The van der Waals surface area contributed by atoms with E-state index in [1.54, 1.807) is 6.07 Å². The van der Waals surface area contributed by atoms with Crippen LogP contribution < -0.4 is 10.6 Å². The van der Waals surface area contributed by atoms with E-state index in [2.05, 4.69) is 4.90 Å². The van der Waals surface area contributed by atoms with Gasteiger partial charge in [-0.1, -0.05) is 12.1 Å². The molecule has 0 spiro atoms. The Bertz CT molecular complexity index is 328. The Hall–Kier alpha value is -0.740. The fourth-order valence-corrected chi connectivity index (χ4v) is 2.53. The fraction of sp³-hybridized carbons (Fsp3) is 0.455. The summed E-state index contributed by atoms with van der Waals surface area (Å²) in [4.78, 5) is 2.09. The van der Waals surface area contributed by atoms with Crippen LogP contribution in [0.25, 0.3) is 0 Å². The second-order valence-corrected chi connectivity index (χ2v) is 4.70. The molecule has 0 saturated carbocycles. The third kappa shape index (κ3) is 2.26. The molecule has 1 saturated heterocycles. The smallest absolute Gasteiger partial charge is 0.146 e. The highest BCUT2D eigenvalue weighted by Crippen LogP contribution is 2.29. The van der Waals surface area contributed by atoms with E-state index in [9.17, 15) is 4.39 Å². The minimum Gasteiger partial charge on any atom is -0.363 e. The number of nitrogens with zero attached hydrogens (tertiary/aromatic N) is 1. The highest BCUT2D eigenvalue weighted by Gasteiger charge is 2.26. The molecule has 0 unspecified atom stereocenters. The molecule has 0 bridgehead atoms. The van der Waals surface area contributed by atoms with Crippen molar-refractivity contribution in [3.05, 3.63) is 30.1 Å². The lowest BCUT2D eigenvalue weighted by Gasteiger charge is -2.38. The maximum Gasteiger partial charge on any atom is 0.146 e. The largest absolute Gasteiger partial charge is 0.363 e. The van der Waals surface area contributed by atoms with Gasteiger partial charge in [0.25, 0.3) is 0 Å². The Morgan fingerprint density at radius 1 is 1.40 bits per heavy atom. The van der Waals surface area contributed by atoms with E-state index in [-0.39, 0.29) is 5.82 Å². The summed E-state index contributed by atoms with van der Waals surface area (Å²) in [6, 6.07) is 7.37. The van der Waals surface area contributed by atoms with Crippen LogP contribution in [-0.4, -0.2) is 30.6 Å². The topological polar surface area (TPSA) is 29.3 Å². The van der Waals surface area contributed by atoms with Gasteiger partial charge in [-0.3, -0.25) is 0 Å². The third-order valence-electron chi connectivity index (χ3n) is 2.59. The van der Waals surface area contributed by atoms with Gasteiger partial charge in [0, 0.05) is 30.6 Å². The van der Waals surface area contributed by atoms with Gasteiger partial charge in [-0.2, -0.15) is 11.8 Å². The molecule has 4 heteroatoms. The van der Waals surface area contributed by atoms with Crippen molar-refractivity contribution in [2.24, 2.45) is 5.73 Å². The standard InChI is InChI=1S/C11H15FN2S/c12-10-3-1-2-4-11(10)14(6-5-13)9-7-15-8-9/h1-4,9H,5-8,13H2. The first kappa shape index (κ1) is 10.8. The van der Waals surface area contributed by atoms with Crippen molar-refractivity contribution in [2.75, 3.05) is 29.5 Å². The predicted octanol–water partition coefficient (Wildman–Crippen LogP) is 1.71. The second-order valence-electron chi connectivity index (χ2n) is 3.62. The SMILES string of the molecule is NCCN(c1ccccc1F)C1CSC1. The number of hydrogen-bond donors (Lipinski definition) is 1. The zero-order chi connectivity index (χ0) is 10.7. The minimum atomic E-state index is -0.150. The van der Waals surface area contributed by atoms with Crippen LogP contribution in [0.3, 0.4) is 0 Å². The van der Waals surface area contributed by atoms with E-state index in [1.165, 1.54) is 6.07 Å². The van der Waals surface area contributed by atoms with E-state index in [4.69, 9.17) is 5.73 Å². The average molecular weight is 226 g/mol. The summed E-state index contributed by atoms with van der Waals surface area (Å²) in [5.74, 6) is 2.01. The summed E-state index contributed by atoms with van der Waals surface area (Å²) in [7, 11) is 0. The molecular formula is C11H15FN2S. The van der Waals surface area contributed by atoms with E-state index in [1.807, 2.05) is 23.9 Å². The monoisotopic (exact) mass is 226 g/mol. The number of thioether (sulfide) groups is 1. The summed E-state index contributed by atoms with van der Waals surface area (Å²) >= 11 is 1.89. The quantitative estimate of drug-likeness (QED) is 0.847. The molecule has 1 heterocycles. The van der Waals surface area contributed by atoms with E-state index in [0.29, 0.717) is 18.3 Å². The molecule has 1 aliphatic heterocycles. The molecule has 2 nitrogen and oxygen atoms in total. The number of para-hydroxylation sites is 1. The molecule has 0 aliphatic carbocycles. The number of anilines is 1. The Balaban J connectivity index is 2.19. The van der Waals surface area contributed by atoms with Crippen molar-refractivity contribution in [3.63, 3.8) is 0 Å². The molecule has 0 atom stereocenters. The van der Waals surface area contributed by atoms with Crippen LogP contribution in [0, 0.1) is 5.82 Å². The Kier molecular flexibility index (Phi) is 3.49. The molecule has 1 aliphatic rings. The van der Waals surface area contributed by atoms with Gasteiger partial charge >= 0.3 is 0 Å². The summed E-state index contributed by atoms with van der Waals surface area (Å²) in [6.07, 6.45) is 0. The fourth-order valence-electron chi connectivity index (χ4n) is 1.73. The molecule has 1 fully saturated rings. The minimum absolute atomic E-state index is 0.150. The van der Waals surface area contributed by atoms with Gasteiger partial charge in [-0.05, 0) is 12.1 Å². The van der Waals surface area contributed by atoms with E-state index < -0.39 is 0 Å². The number of halogens is 1. The summed E-state index contributed by atoms with van der Waals surface area (Å²) < 4.78 is 13.6. The van der Waals surface area contributed by atoms with E-state index in [0.717, 1.165) is 18.1 Å². The molecule has 2 rings (SSSR count). The van der Waals surface area contributed by atoms with Gasteiger partial charge < -0.3 is 10.6 Å². The molecule has 15 heavy (non-hydrogen) atoms. The Morgan fingerprint density at radius 3 is 2.67 bits per heavy atom. The van der Waals surface area contributed by atoms with Gasteiger partial charge in [-0.25, -0.2) is 4.39 Å². The number of hydrogen-bond acceptors (Lipinski definition) is 3. The first-order valence-electron chi connectivity index (χ1n) is 5.12. The average Bonchev–Trinajstić information content (AvgIpc) is 2.15. The van der Waals surface area contributed by atoms with Crippen molar-refractivity contribution >= 4 is 17.4 Å². The molecule has 1 aromatic carbocycles. The van der Waals surface area contributed by atoms with Gasteiger partial charge in [0.1, 0.15) is 5.82 Å². The van der Waals surface area contributed by atoms with E-state index >= 15 is 0 Å². The first-order chi connectivity index (χ1) is 7.33. The van der Waals surface area contributed by atoms with Gasteiger partial charge in [0.15, 0.2) is 0 Å². The van der Waals surface area contributed by atoms with Crippen LogP contribution in [-0.2, 0) is 0 Å². The van der Waals surface area contributed by atoms with Crippen molar-refractivity contribution in [2.45, 2.75) is 6.04 Å². The summed E-state index contributed by atoms with van der Waals surface area (Å²) in [6.45, 7) is 1.29. The van der Waals surface area contributed by atoms with Crippen molar-refractivity contribution in [3.8, 4) is 0 Å². The molecule has 0 aromatic heterocycles. The Labute approximate surface area is 93.6 Å². The van der Waals surface area contributed by atoms with Gasteiger partial charge in [0.2, 0.25) is 0 Å². The summed E-state index contributed by atoms with van der Waals surface area (Å²) in [5.41, 5.74) is 6.25. The molecule has 0 radical (unpaired) electrons. The van der Waals surface area contributed by atoms with Crippen LogP contribution >= 0.6 is 11.8 Å². The van der Waals surface area contributed by atoms with Crippen LogP contribution in [0.1, 0.15) is 0 Å². The Morgan fingerprint density at radius 2 is 2.13 bits per heavy atom. The van der Waals surface area contributed by atoms with Crippen molar-refractivity contribution in [1.29, 1.82) is 0 Å². The van der Waals surface area contributed by atoms with Crippen LogP contribution in [0.2, 0.25) is 0 Å². The lowest BCUT2D eigenvalue weighted by molar-refractivity contribution is 0.599. The van der Waals surface area contributed by atoms with Crippen LogP contribution in [0.4, 0.5) is 10.1 Å². The molecule has 0 amide bonds. The van der Waals surface area contributed by atoms with Crippen molar-refractivity contribution < 1.29 is 4.39 Å². The molecule has 82 valence electrons. The highest BCUT2D eigenvalue weighted by atomic mass is 32.2. The normalized spacial score (nSPS) is 16.1. The maximum atomic E-state index is 13.6. The molecule has 1 aromatic rings. The maximum absolute atomic E-state index is 13.6. The highest BCUT2D eigenvalue weighted by molar-refractivity contribution is 8.00. The summed E-state index contributed by atoms with van der Waals surface area (Å²) in [5, 5.41) is 0. The number of nitrogens with two attached hydrogens (primary N) is 1. The first-order valence-corrected chi connectivity index (χ1v) is 6.27. The second kappa shape index (κ2) is 4.86. The molecular weight excluding hydrogens is 211 g/mol. The van der Waals surface area contributed by atoms with Crippen LogP contribution in [0.5, 0.6) is 0 Å².